The van der Waals surface area contributed by atoms with Crippen LogP contribution in [0.25, 0.3) is 0 Å². The van der Waals surface area contributed by atoms with Crippen molar-refractivity contribution in [3.63, 3.8) is 0 Å². The number of rotatable bonds is 11. The minimum absolute atomic E-state index is 0.0833. The monoisotopic (exact) mass is 613 g/mol. The molecule has 0 saturated heterocycles. The number of halogens is 1. The number of thioether (sulfide) groups is 1. The molecule has 1 N–H and O–H groups in total. The highest BCUT2D eigenvalue weighted by atomic mass is 35.5. The van der Waals surface area contributed by atoms with Gasteiger partial charge in [0.1, 0.15) is 12.6 Å². The van der Waals surface area contributed by atoms with Crippen LogP contribution in [0.4, 0.5) is 5.69 Å². The first kappa shape index (κ1) is 30.9. The number of sulfonamides is 1. The van der Waals surface area contributed by atoms with Gasteiger partial charge in [-0.1, -0.05) is 54.3 Å². The molecular formula is C31H36ClN3O4S2. The molecule has 4 rings (SSSR count). The van der Waals surface area contributed by atoms with Crippen molar-refractivity contribution in [2.75, 3.05) is 17.1 Å². The summed E-state index contributed by atoms with van der Waals surface area (Å²) in [6, 6.07) is 19.9. The quantitative estimate of drug-likeness (QED) is 0.266. The van der Waals surface area contributed by atoms with Crippen LogP contribution in [0.15, 0.2) is 82.6 Å². The molecule has 1 fully saturated rings. The molecule has 0 aromatic heterocycles. The molecule has 10 heteroatoms. The van der Waals surface area contributed by atoms with E-state index in [4.69, 9.17) is 11.6 Å². The summed E-state index contributed by atoms with van der Waals surface area (Å²) in [4.78, 5) is 29.8. The zero-order valence-electron chi connectivity index (χ0n) is 23.5. The zero-order chi connectivity index (χ0) is 29.6. The van der Waals surface area contributed by atoms with Gasteiger partial charge in [0.05, 0.1) is 10.6 Å². The van der Waals surface area contributed by atoms with Crippen molar-refractivity contribution in [2.24, 2.45) is 0 Å². The molecule has 1 atom stereocenters. The third-order valence-corrected chi connectivity index (χ3v) is 10.2. The van der Waals surface area contributed by atoms with Crippen molar-refractivity contribution < 1.29 is 18.0 Å². The molecule has 0 bridgehead atoms. The van der Waals surface area contributed by atoms with Crippen LogP contribution in [0.1, 0.15) is 43.7 Å². The van der Waals surface area contributed by atoms with Gasteiger partial charge in [-0.05, 0) is 87.0 Å². The van der Waals surface area contributed by atoms with Crippen LogP contribution in [0.2, 0.25) is 5.02 Å². The number of hydrogen-bond acceptors (Lipinski definition) is 5. The second-order valence-corrected chi connectivity index (χ2v) is 13.5. The smallest absolute Gasteiger partial charge is 0.264 e. The molecule has 2 amide bonds. The number of hydrogen-bond donors (Lipinski definition) is 1. The van der Waals surface area contributed by atoms with Gasteiger partial charge in [-0.15, -0.1) is 11.8 Å². The molecule has 0 aliphatic heterocycles. The lowest BCUT2D eigenvalue weighted by Crippen LogP contribution is -2.52. The lowest BCUT2D eigenvalue weighted by Gasteiger charge is -2.32. The number of nitrogens with zero attached hydrogens (tertiary/aromatic N) is 2. The fourth-order valence-electron chi connectivity index (χ4n) is 4.88. The first-order valence-electron chi connectivity index (χ1n) is 13.7. The SMILES string of the molecule is CSc1ccc(S(=O)(=O)N(CC(=O)N(Cc2ccc(Cl)cc2)[C@@H](C)C(=O)NC2CCCC2)c2ccc(C)cc2)cc1. The molecule has 0 unspecified atom stereocenters. The normalized spacial score (nSPS) is 14.4. The second kappa shape index (κ2) is 13.8. The van der Waals surface area contributed by atoms with Gasteiger partial charge < -0.3 is 10.2 Å². The largest absolute Gasteiger partial charge is 0.352 e. The Morgan fingerprint density at radius 2 is 1.59 bits per heavy atom. The lowest BCUT2D eigenvalue weighted by molar-refractivity contribution is -0.139. The highest BCUT2D eigenvalue weighted by Crippen LogP contribution is 2.27. The number of aryl methyl sites for hydroxylation is 1. The van der Waals surface area contributed by atoms with E-state index in [9.17, 15) is 18.0 Å². The van der Waals surface area contributed by atoms with E-state index in [1.165, 1.54) is 16.7 Å². The van der Waals surface area contributed by atoms with Gasteiger partial charge in [0, 0.05) is 22.5 Å². The molecular weight excluding hydrogens is 578 g/mol. The van der Waals surface area contributed by atoms with E-state index >= 15 is 0 Å². The fraction of sp³-hybridized carbons (Fsp3) is 0.355. The van der Waals surface area contributed by atoms with Gasteiger partial charge in [0.25, 0.3) is 10.0 Å². The van der Waals surface area contributed by atoms with E-state index in [1.54, 1.807) is 67.6 Å². The zero-order valence-corrected chi connectivity index (χ0v) is 25.9. The van der Waals surface area contributed by atoms with Crippen molar-refractivity contribution in [3.8, 4) is 0 Å². The minimum Gasteiger partial charge on any atom is -0.352 e. The molecule has 0 heterocycles. The van der Waals surface area contributed by atoms with Gasteiger partial charge in [-0.3, -0.25) is 13.9 Å². The number of anilines is 1. The summed E-state index contributed by atoms with van der Waals surface area (Å²) in [5.74, 6) is -0.740. The second-order valence-electron chi connectivity index (χ2n) is 10.3. The fourth-order valence-corrected chi connectivity index (χ4v) is 6.82. The molecule has 218 valence electrons. The van der Waals surface area contributed by atoms with E-state index in [2.05, 4.69) is 5.32 Å². The van der Waals surface area contributed by atoms with Crippen molar-refractivity contribution in [1.29, 1.82) is 0 Å². The summed E-state index contributed by atoms with van der Waals surface area (Å²) < 4.78 is 29.0. The summed E-state index contributed by atoms with van der Waals surface area (Å²) in [6.07, 6.45) is 5.87. The number of carbonyl (C=O) groups is 2. The number of benzene rings is 3. The van der Waals surface area contributed by atoms with Crippen molar-refractivity contribution >= 4 is 50.9 Å². The molecule has 3 aromatic rings. The van der Waals surface area contributed by atoms with Crippen molar-refractivity contribution in [3.05, 3.63) is 88.9 Å². The summed E-state index contributed by atoms with van der Waals surface area (Å²) in [5.41, 5.74) is 2.11. The maximum absolute atomic E-state index is 14.0. The highest BCUT2D eigenvalue weighted by molar-refractivity contribution is 7.98. The van der Waals surface area contributed by atoms with E-state index < -0.39 is 28.5 Å². The number of nitrogens with one attached hydrogen (secondary N) is 1. The molecule has 3 aromatic carbocycles. The van der Waals surface area contributed by atoms with Crippen LogP contribution in [-0.2, 0) is 26.2 Å². The molecule has 41 heavy (non-hydrogen) atoms. The topological polar surface area (TPSA) is 86.8 Å². The first-order chi connectivity index (χ1) is 19.6. The summed E-state index contributed by atoms with van der Waals surface area (Å²) in [5, 5.41) is 3.64. The Bertz CT molecular complexity index is 1440. The lowest BCUT2D eigenvalue weighted by atomic mass is 10.1. The van der Waals surface area contributed by atoms with Crippen molar-refractivity contribution in [2.45, 2.75) is 68.0 Å². The number of amides is 2. The third-order valence-electron chi connectivity index (χ3n) is 7.38. The van der Waals surface area contributed by atoms with Crippen LogP contribution in [0, 0.1) is 6.92 Å². The van der Waals surface area contributed by atoms with E-state index in [0.717, 1.165) is 46.0 Å². The maximum Gasteiger partial charge on any atom is 0.264 e. The van der Waals surface area contributed by atoms with Gasteiger partial charge >= 0.3 is 0 Å². The Labute approximate surface area is 252 Å². The Morgan fingerprint density at radius 3 is 2.17 bits per heavy atom. The standard InChI is InChI=1S/C31H36ClN3O4S2/c1-22-8-14-27(15-9-22)35(41(38,39)29-18-16-28(40-3)17-19-29)21-30(36)34(20-24-10-12-25(32)13-11-24)23(2)31(37)33-26-6-4-5-7-26/h8-19,23,26H,4-7,20-21H2,1-3H3,(H,33,37)/t23-/m0/s1. The average Bonchev–Trinajstić information content (AvgIpc) is 3.48. The number of carbonyl (C=O) groups excluding carboxylic acids is 2. The Balaban J connectivity index is 1.67. The van der Waals surface area contributed by atoms with Crippen LogP contribution in [-0.4, -0.2) is 50.0 Å². The average molecular weight is 614 g/mol. The Hall–Kier alpha value is -3.01. The maximum atomic E-state index is 14.0. The van der Waals surface area contributed by atoms with Gasteiger partial charge in [0.2, 0.25) is 11.8 Å². The molecule has 0 radical (unpaired) electrons. The van der Waals surface area contributed by atoms with Crippen LogP contribution >= 0.6 is 23.4 Å². The van der Waals surface area contributed by atoms with E-state index in [0.29, 0.717) is 10.7 Å². The van der Waals surface area contributed by atoms with Crippen LogP contribution in [0.5, 0.6) is 0 Å². The van der Waals surface area contributed by atoms with E-state index in [-0.39, 0.29) is 23.4 Å². The third kappa shape index (κ3) is 7.84. The van der Waals surface area contributed by atoms with Crippen LogP contribution < -0.4 is 9.62 Å². The molecule has 0 spiro atoms. The van der Waals surface area contributed by atoms with Crippen molar-refractivity contribution in [1.82, 2.24) is 10.2 Å². The minimum atomic E-state index is -4.11. The Morgan fingerprint density at radius 1 is 0.976 bits per heavy atom. The van der Waals surface area contributed by atoms with Gasteiger partial charge in [0.15, 0.2) is 0 Å². The molecule has 1 aliphatic rings. The predicted octanol–water partition coefficient (Wildman–Crippen LogP) is 6.04. The first-order valence-corrected chi connectivity index (χ1v) is 16.7. The predicted molar refractivity (Wildman–Crippen MR) is 166 cm³/mol. The molecule has 1 aliphatic carbocycles. The highest BCUT2D eigenvalue weighted by Gasteiger charge is 2.33. The van der Waals surface area contributed by atoms with E-state index in [1.807, 2.05) is 25.3 Å². The Kier molecular flexibility index (Phi) is 10.4. The summed E-state index contributed by atoms with van der Waals surface area (Å²) in [6.45, 7) is 3.25. The summed E-state index contributed by atoms with van der Waals surface area (Å²) >= 11 is 7.59. The molecule has 1 saturated carbocycles. The van der Waals surface area contributed by atoms with Crippen LogP contribution in [0.3, 0.4) is 0 Å². The molecule has 7 nitrogen and oxygen atoms in total. The van der Waals surface area contributed by atoms with Gasteiger partial charge in [-0.2, -0.15) is 0 Å². The van der Waals surface area contributed by atoms with Gasteiger partial charge in [-0.25, -0.2) is 8.42 Å². The summed E-state index contributed by atoms with van der Waals surface area (Å²) in [7, 11) is -4.11.